The van der Waals surface area contributed by atoms with Gasteiger partial charge in [-0.05, 0) is 25.1 Å². The topological polar surface area (TPSA) is 30.0 Å². The third kappa shape index (κ3) is 2.76. The highest BCUT2D eigenvalue weighted by molar-refractivity contribution is 7.18. The van der Waals surface area contributed by atoms with Crippen LogP contribution in [0.5, 0.6) is 0 Å². The molecule has 0 atom stereocenters. The molecule has 3 fully saturated rings. The molecule has 0 radical (unpaired) electrons. The molecule has 1 aromatic carbocycles. The lowest BCUT2D eigenvalue weighted by molar-refractivity contribution is -1.08. The van der Waals surface area contributed by atoms with E-state index in [0.717, 1.165) is 69.0 Å². The van der Waals surface area contributed by atoms with Gasteiger partial charge in [-0.1, -0.05) is 0 Å². The number of hydrogen-bond donors (Lipinski definition) is 0. The van der Waals surface area contributed by atoms with Gasteiger partial charge in [0.15, 0.2) is 0 Å². The van der Waals surface area contributed by atoms with Gasteiger partial charge >= 0.3 is 0 Å². The van der Waals surface area contributed by atoms with Crippen LogP contribution in [-0.4, -0.2) is 78.8 Å². The molecule has 4 nitrogen and oxygen atoms in total. The monoisotopic (exact) mass is 349 g/mol. The molecule has 24 heavy (non-hydrogen) atoms. The first-order chi connectivity index (χ1) is 11.5. The van der Waals surface area contributed by atoms with Gasteiger partial charge in [-0.2, -0.15) is 0 Å². The first-order valence-electron chi connectivity index (χ1n) is 8.70. The van der Waals surface area contributed by atoms with Crippen LogP contribution >= 0.6 is 11.3 Å². The van der Waals surface area contributed by atoms with E-state index in [0.29, 0.717) is 13.1 Å². The minimum Gasteiger partial charge on any atom is -0.307 e. The molecule has 3 aliphatic heterocycles. The smallest absolute Gasteiger partial charge is 0.217 e. The number of hydrogen-bond acceptors (Lipinski definition) is 3. The van der Waals surface area contributed by atoms with Crippen LogP contribution in [0.3, 0.4) is 0 Å². The maximum atomic E-state index is 12.8. The average molecular weight is 349 g/mol. The first kappa shape index (κ1) is 16.1. The van der Waals surface area contributed by atoms with Crippen molar-refractivity contribution in [2.24, 2.45) is 0 Å². The fourth-order valence-corrected chi connectivity index (χ4v) is 5.11. The maximum absolute atomic E-state index is 12.8. The number of aryl methyl sites for hydroxylation is 1. The standard InChI is InChI=1S/C18H24FN3OS/c1-14-20-16-12-15(2-3-18(16)24-14)17(23)13-22-9-6-21(5-4-19,7-10-22)8-11-22/h2-3,12H,4-11,13H2,1H3/q+2. The highest BCUT2D eigenvalue weighted by Crippen LogP contribution is 2.28. The lowest BCUT2D eigenvalue weighted by Crippen LogP contribution is -2.75. The summed E-state index contributed by atoms with van der Waals surface area (Å²) in [4.78, 5) is 17.3. The van der Waals surface area contributed by atoms with Crippen molar-refractivity contribution in [3.8, 4) is 0 Å². The van der Waals surface area contributed by atoms with Crippen molar-refractivity contribution >= 4 is 27.3 Å². The van der Waals surface area contributed by atoms with Crippen molar-refractivity contribution in [3.63, 3.8) is 0 Å². The molecule has 0 amide bonds. The quantitative estimate of drug-likeness (QED) is 0.613. The van der Waals surface area contributed by atoms with Gasteiger partial charge in [-0.25, -0.2) is 9.37 Å². The number of carbonyl (C=O) groups is 1. The molecule has 3 aliphatic rings. The zero-order valence-corrected chi connectivity index (χ0v) is 14.9. The van der Waals surface area contributed by atoms with E-state index in [1.807, 2.05) is 25.1 Å². The fourth-order valence-electron chi connectivity index (χ4n) is 4.31. The van der Waals surface area contributed by atoms with Crippen LogP contribution < -0.4 is 0 Å². The van der Waals surface area contributed by atoms with E-state index in [9.17, 15) is 9.18 Å². The summed E-state index contributed by atoms with van der Waals surface area (Å²) in [5.74, 6) is 0.218. The molecule has 128 valence electrons. The lowest BCUT2D eigenvalue weighted by Gasteiger charge is -2.55. The zero-order chi connectivity index (χ0) is 16.8. The summed E-state index contributed by atoms with van der Waals surface area (Å²) in [5, 5.41) is 1.03. The molecule has 0 unspecified atom stereocenters. The third-order valence-corrected chi connectivity index (χ3v) is 6.95. The average Bonchev–Trinajstić information content (AvgIpc) is 2.96. The van der Waals surface area contributed by atoms with Crippen LogP contribution in [-0.2, 0) is 0 Å². The van der Waals surface area contributed by atoms with Crippen molar-refractivity contribution < 1.29 is 18.2 Å². The normalized spacial score (nSPS) is 29.2. The number of rotatable bonds is 5. The SMILES string of the molecule is Cc1nc2cc(C(=O)C[N+]34CC[N+](CCF)(CC3)CC4)ccc2s1. The Morgan fingerprint density at radius 1 is 1.17 bits per heavy atom. The molecule has 1 aromatic heterocycles. The Kier molecular flexibility index (Phi) is 3.94. The Hall–Kier alpha value is -1.37. The summed E-state index contributed by atoms with van der Waals surface area (Å²) in [6.07, 6.45) is 0. The Labute approximate surface area is 145 Å². The molecule has 0 aliphatic carbocycles. The van der Waals surface area contributed by atoms with Crippen LogP contribution in [0, 0.1) is 6.92 Å². The largest absolute Gasteiger partial charge is 0.307 e. The number of halogens is 1. The van der Waals surface area contributed by atoms with Gasteiger partial charge in [0, 0.05) is 5.56 Å². The van der Waals surface area contributed by atoms with Gasteiger partial charge in [-0.3, -0.25) is 4.79 Å². The van der Waals surface area contributed by atoms with Crippen molar-refractivity contribution in [2.45, 2.75) is 6.92 Å². The maximum Gasteiger partial charge on any atom is 0.217 e. The summed E-state index contributed by atoms with van der Waals surface area (Å²) >= 11 is 1.66. The van der Waals surface area contributed by atoms with Crippen molar-refractivity contribution in [1.82, 2.24) is 4.98 Å². The van der Waals surface area contributed by atoms with Crippen LogP contribution in [0.1, 0.15) is 15.4 Å². The van der Waals surface area contributed by atoms with Crippen LogP contribution in [0.4, 0.5) is 4.39 Å². The predicted octanol–water partition coefficient (Wildman–Crippen LogP) is 2.42. The number of quaternary nitrogens is 2. The highest BCUT2D eigenvalue weighted by atomic mass is 32.1. The Morgan fingerprint density at radius 2 is 1.83 bits per heavy atom. The molecule has 0 N–H and O–H groups in total. The summed E-state index contributed by atoms with van der Waals surface area (Å²) in [5.41, 5.74) is 1.71. The summed E-state index contributed by atoms with van der Waals surface area (Å²) < 4.78 is 15.8. The lowest BCUT2D eigenvalue weighted by atomic mass is 10.0. The number of carbonyl (C=O) groups excluding carboxylic acids is 1. The van der Waals surface area contributed by atoms with E-state index >= 15 is 0 Å². The number of nitrogens with zero attached hydrogens (tertiary/aromatic N) is 3. The van der Waals surface area contributed by atoms with E-state index in [-0.39, 0.29) is 12.5 Å². The number of alkyl halides is 1. The number of aromatic nitrogens is 1. The van der Waals surface area contributed by atoms with Gasteiger partial charge < -0.3 is 8.97 Å². The molecule has 4 heterocycles. The van der Waals surface area contributed by atoms with Gasteiger partial charge in [0.1, 0.15) is 59.0 Å². The summed E-state index contributed by atoms with van der Waals surface area (Å²) in [6.45, 7) is 9.04. The number of benzene rings is 1. The Morgan fingerprint density at radius 3 is 2.50 bits per heavy atom. The number of thiazole rings is 1. The minimum absolute atomic E-state index is 0.218. The molecule has 0 spiro atoms. The second-order valence-electron chi connectivity index (χ2n) is 7.43. The Balaban J connectivity index is 1.49. The molecule has 2 aromatic rings. The van der Waals surface area contributed by atoms with E-state index < -0.39 is 0 Å². The molecule has 6 heteroatoms. The van der Waals surface area contributed by atoms with Crippen molar-refractivity contribution in [2.75, 3.05) is 59.0 Å². The van der Waals surface area contributed by atoms with E-state index in [1.165, 1.54) is 0 Å². The molecular formula is C18H24FN3OS+2. The number of Topliss-reactive ketones (excluding diaryl/α,β-unsaturated/α-hetero) is 1. The second kappa shape index (κ2) is 5.86. The second-order valence-corrected chi connectivity index (χ2v) is 8.67. The predicted molar refractivity (Wildman–Crippen MR) is 94.1 cm³/mol. The van der Waals surface area contributed by atoms with Gasteiger partial charge in [0.25, 0.3) is 0 Å². The fraction of sp³-hybridized carbons (Fsp3) is 0.556. The molecule has 3 saturated heterocycles. The van der Waals surface area contributed by atoms with Crippen molar-refractivity contribution in [1.29, 1.82) is 0 Å². The van der Waals surface area contributed by atoms with Crippen LogP contribution in [0.25, 0.3) is 10.2 Å². The summed E-state index contributed by atoms with van der Waals surface area (Å²) in [7, 11) is 0. The van der Waals surface area contributed by atoms with Crippen molar-refractivity contribution in [3.05, 3.63) is 28.8 Å². The number of piperazine rings is 3. The molecular weight excluding hydrogens is 325 g/mol. The Bertz CT molecular complexity index is 763. The summed E-state index contributed by atoms with van der Waals surface area (Å²) in [6, 6.07) is 5.90. The minimum atomic E-state index is -0.230. The molecule has 0 saturated carbocycles. The van der Waals surface area contributed by atoms with Gasteiger partial charge in [-0.15, -0.1) is 11.3 Å². The van der Waals surface area contributed by atoms with Crippen LogP contribution in [0.15, 0.2) is 18.2 Å². The first-order valence-corrected chi connectivity index (χ1v) is 9.51. The number of ketones is 1. The van der Waals surface area contributed by atoms with E-state index in [2.05, 4.69) is 4.98 Å². The van der Waals surface area contributed by atoms with Gasteiger partial charge in [0.05, 0.1) is 15.2 Å². The molecule has 2 bridgehead atoms. The highest BCUT2D eigenvalue weighted by Gasteiger charge is 2.49. The van der Waals surface area contributed by atoms with Gasteiger partial charge in [0.2, 0.25) is 5.78 Å². The van der Waals surface area contributed by atoms with E-state index in [4.69, 9.17) is 0 Å². The molecule has 5 rings (SSSR count). The van der Waals surface area contributed by atoms with Crippen LogP contribution in [0.2, 0.25) is 0 Å². The van der Waals surface area contributed by atoms with E-state index in [1.54, 1.807) is 11.3 Å². The third-order valence-electron chi connectivity index (χ3n) is 6.00. The zero-order valence-electron chi connectivity index (χ0n) is 14.1. The number of fused-ring (bicyclic) bond motifs is 4.